The van der Waals surface area contributed by atoms with E-state index in [1.54, 1.807) is 12.1 Å². The van der Waals surface area contributed by atoms with Crippen LogP contribution < -0.4 is 10.1 Å². The molecule has 0 aliphatic heterocycles. The summed E-state index contributed by atoms with van der Waals surface area (Å²) in [6.45, 7) is 0.229. The lowest BCUT2D eigenvalue weighted by molar-refractivity contribution is -0.140. The number of methoxy groups -OCH3 is 1. The topological polar surface area (TPSA) is 116 Å². The molecule has 0 heterocycles. The summed E-state index contributed by atoms with van der Waals surface area (Å²) in [5, 5.41) is 29.8. The van der Waals surface area contributed by atoms with Crippen molar-refractivity contribution >= 4 is 11.9 Å². The minimum atomic E-state index is -1.10. The molecule has 0 aromatic heterocycles. The second kappa shape index (κ2) is 7.34. The summed E-state index contributed by atoms with van der Waals surface area (Å²) >= 11 is 0. The molecule has 0 amide bonds. The third kappa shape index (κ3) is 4.77. The number of hydrogen-bond donors (Lipinski definition) is 4. The lowest BCUT2D eigenvalue weighted by Gasteiger charge is -2.14. The Bertz CT molecular complexity index is 488. The number of nitrogens with one attached hydrogen (secondary N) is 1. The molecular weight excluding hydrogens is 266 g/mol. The minimum absolute atomic E-state index is 0.000114. The molecule has 0 spiro atoms. The van der Waals surface area contributed by atoms with Crippen molar-refractivity contribution in [2.24, 2.45) is 0 Å². The summed E-state index contributed by atoms with van der Waals surface area (Å²) in [5.74, 6) is -1.85. The van der Waals surface area contributed by atoms with E-state index >= 15 is 0 Å². The number of hydrogen-bond acceptors (Lipinski definition) is 5. The zero-order valence-electron chi connectivity index (χ0n) is 11.0. The first kappa shape index (κ1) is 15.8. The van der Waals surface area contributed by atoms with E-state index in [0.717, 1.165) is 5.56 Å². The van der Waals surface area contributed by atoms with E-state index in [1.807, 2.05) is 0 Å². The molecule has 1 aromatic rings. The highest BCUT2D eigenvalue weighted by atomic mass is 16.5. The van der Waals surface area contributed by atoms with E-state index < -0.39 is 18.0 Å². The van der Waals surface area contributed by atoms with Crippen LogP contribution in [-0.2, 0) is 16.1 Å². The van der Waals surface area contributed by atoms with Crippen LogP contribution in [0.2, 0.25) is 0 Å². The van der Waals surface area contributed by atoms with Crippen molar-refractivity contribution < 1.29 is 29.6 Å². The molecule has 0 bridgehead atoms. The highest BCUT2D eigenvalue weighted by molar-refractivity contribution is 5.75. The molecule has 0 fully saturated rings. The van der Waals surface area contributed by atoms with Crippen LogP contribution in [0.4, 0.5) is 0 Å². The largest absolute Gasteiger partial charge is 0.504 e. The lowest BCUT2D eigenvalue weighted by atomic mass is 10.1. The summed E-state index contributed by atoms with van der Waals surface area (Å²) in [5.41, 5.74) is 0.723. The quantitative estimate of drug-likeness (QED) is 0.557. The molecule has 0 saturated carbocycles. The number of aliphatic carboxylic acids is 2. The normalized spacial score (nSPS) is 11.8. The van der Waals surface area contributed by atoms with Crippen LogP contribution in [-0.4, -0.2) is 40.4 Å². The Kier molecular flexibility index (Phi) is 5.79. The van der Waals surface area contributed by atoms with Crippen LogP contribution in [0.5, 0.6) is 11.5 Å². The molecule has 7 nitrogen and oxygen atoms in total. The smallest absolute Gasteiger partial charge is 0.320 e. The van der Waals surface area contributed by atoms with Gasteiger partial charge in [0.25, 0.3) is 0 Å². The highest BCUT2D eigenvalue weighted by Crippen LogP contribution is 2.26. The maximum Gasteiger partial charge on any atom is 0.320 e. The molecule has 7 heteroatoms. The van der Waals surface area contributed by atoms with Crippen LogP contribution >= 0.6 is 0 Å². The Morgan fingerprint density at radius 1 is 1.35 bits per heavy atom. The Labute approximate surface area is 115 Å². The van der Waals surface area contributed by atoms with E-state index in [0.29, 0.717) is 5.75 Å². The van der Waals surface area contributed by atoms with Crippen molar-refractivity contribution in [1.82, 2.24) is 5.32 Å². The Morgan fingerprint density at radius 3 is 2.60 bits per heavy atom. The Balaban J connectivity index is 2.62. The average Bonchev–Trinajstić information content (AvgIpc) is 2.39. The van der Waals surface area contributed by atoms with E-state index in [1.165, 1.54) is 13.2 Å². The van der Waals surface area contributed by atoms with Gasteiger partial charge in [-0.2, -0.15) is 0 Å². The molecule has 0 radical (unpaired) electrons. The van der Waals surface area contributed by atoms with Gasteiger partial charge in [-0.25, -0.2) is 0 Å². The molecule has 4 N–H and O–H groups in total. The van der Waals surface area contributed by atoms with E-state index in [9.17, 15) is 14.7 Å². The zero-order valence-corrected chi connectivity index (χ0v) is 11.0. The third-order valence-electron chi connectivity index (χ3n) is 2.74. The van der Waals surface area contributed by atoms with E-state index in [4.69, 9.17) is 14.9 Å². The first-order valence-corrected chi connectivity index (χ1v) is 5.98. The molecular formula is C13H17NO6. The number of ether oxygens (including phenoxy) is 1. The van der Waals surface area contributed by atoms with Gasteiger partial charge in [0.2, 0.25) is 0 Å². The lowest BCUT2D eigenvalue weighted by Crippen LogP contribution is -2.36. The van der Waals surface area contributed by atoms with Gasteiger partial charge in [-0.15, -0.1) is 0 Å². The number of phenols is 1. The molecule has 0 aliphatic rings. The van der Waals surface area contributed by atoms with E-state index in [2.05, 4.69) is 5.32 Å². The van der Waals surface area contributed by atoms with Gasteiger partial charge in [0, 0.05) is 13.0 Å². The Hall–Kier alpha value is -2.28. The molecule has 1 aromatic carbocycles. The van der Waals surface area contributed by atoms with Crippen molar-refractivity contribution in [3.8, 4) is 11.5 Å². The predicted octanol–water partition coefficient (Wildman–Crippen LogP) is 0.808. The Morgan fingerprint density at radius 2 is 2.05 bits per heavy atom. The van der Waals surface area contributed by atoms with Gasteiger partial charge < -0.3 is 25.4 Å². The maximum absolute atomic E-state index is 11.0. The van der Waals surface area contributed by atoms with Gasteiger partial charge in [-0.3, -0.25) is 9.59 Å². The summed E-state index contributed by atoms with van der Waals surface area (Å²) in [6, 6.07) is 3.72. The maximum atomic E-state index is 11.0. The molecule has 1 unspecified atom stereocenters. The predicted molar refractivity (Wildman–Crippen MR) is 69.8 cm³/mol. The number of phenolic OH excluding ortho intramolecular Hbond substituents is 1. The first-order valence-electron chi connectivity index (χ1n) is 5.98. The van der Waals surface area contributed by atoms with Gasteiger partial charge in [-0.1, -0.05) is 6.07 Å². The van der Waals surface area contributed by atoms with Crippen molar-refractivity contribution in [3.63, 3.8) is 0 Å². The van der Waals surface area contributed by atoms with E-state index in [-0.39, 0.29) is 25.1 Å². The van der Waals surface area contributed by atoms with Gasteiger partial charge in [0.1, 0.15) is 6.04 Å². The average molecular weight is 283 g/mol. The summed E-state index contributed by atoms with van der Waals surface area (Å²) in [7, 11) is 1.42. The van der Waals surface area contributed by atoms with Crippen LogP contribution in [0.3, 0.4) is 0 Å². The van der Waals surface area contributed by atoms with Crippen molar-refractivity contribution in [1.29, 1.82) is 0 Å². The van der Waals surface area contributed by atoms with Gasteiger partial charge >= 0.3 is 11.9 Å². The zero-order chi connectivity index (χ0) is 15.1. The number of carboxylic acid groups (broad SMARTS) is 2. The standard InChI is InChI=1S/C13H17NO6/c1-20-11-6-8(2-4-10(11)15)7-14-9(13(18)19)3-5-12(16)17/h2,4,6,9,14-15H,3,5,7H2,1H3,(H,16,17)(H,18,19). The number of benzene rings is 1. The van der Waals surface area contributed by atoms with Gasteiger partial charge in [-0.05, 0) is 24.1 Å². The molecule has 0 saturated heterocycles. The van der Waals surface area contributed by atoms with Crippen LogP contribution in [0.1, 0.15) is 18.4 Å². The summed E-state index contributed by atoms with van der Waals surface area (Å²) in [6.07, 6.45) is -0.219. The number of aromatic hydroxyl groups is 1. The van der Waals surface area contributed by atoms with Crippen molar-refractivity contribution in [2.45, 2.75) is 25.4 Å². The molecule has 0 aliphatic carbocycles. The third-order valence-corrected chi connectivity index (χ3v) is 2.74. The molecule has 1 atom stereocenters. The van der Waals surface area contributed by atoms with Crippen molar-refractivity contribution in [3.05, 3.63) is 23.8 Å². The monoisotopic (exact) mass is 283 g/mol. The number of carbonyl (C=O) groups is 2. The molecule has 20 heavy (non-hydrogen) atoms. The summed E-state index contributed by atoms with van der Waals surface area (Å²) in [4.78, 5) is 21.4. The van der Waals surface area contributed by atoms with Crippen LogP contribution in [0.25, 0.3) is 0 Å². The SMILES string of the molecule is COc1cc(CNC(CCC(=O)O)C(=O)O)ccc1O. The van der Waals surface area contributed by atoms with Crippen LogP contribution in [0.15, 0.2) is 18.2 Å². The summed E-state index contributed by atoms with van der Waals surface area (Å²) < 4.78 is 4.95. The fourth-order valence-electron chi connectivity index (χ4n) is 1.65. The second-order valence-corrected chi connectivity index (χ2v) is 4.21. The van der Waals surface area contributed by atoms with Gasteiger partial charge in [0.15, 0.2) is 11.5 Å². The minimum Gasteiger partial charge on any atom is -0.504 e. The number of rotatable bonds is 8. The molecule has 110 valence electrons. The molecule has 1 rings (SSSR count). The van der Waals surface area contributed by atoms with Crippen molar-refractivity contribution in [2.75, 3.05) is 7.11 Å². The highest BCUT2D eigenvalue weighted by Gasteiger charge is 2.18. The number of carboxylic acids is 2. The van der Waals surface area contributed by atoms with Gasteiger partial charge in [0.05, 0.1) is 7.11 Å². The first-order chi connectivity index (χ1) is 9.43. The fourth-order valence-corrected chi connectivity index (χ4v) is 1.65. The second-order valence-electron chi connectivity index (χ2n) is 4.21. The van der Waals surface area contributed by atoms with Crippen LogP contribution in [0, 0.1) is 0 Å². The fraction of sp³-hybridized carbons (Fsp3) is 0.385.